The average Bonchev–Trinajstić information content (AvgIpc) is 2.03. The molecule has 0 atom stereocenters. The van der Waals surface area contributed by atoms with E-state index in [1.54, 1.807) is 20.0 Å². The molecule has 0 saturated heterocycles. The van der Waals surface area contributed by atoms with E-state index in [1.165, 1.54) is 0 Å². The van der Waals surface area contributed by atoms with Crippen molar-refractivity contribution in [1.29, 1.82) is 0 Å². The molecule has 1 rings (SSSR count). The molecule has 1 aromatic rings. The van der Waals surface area contributed by atoms with Crippen LogP contribution in [0.5, 0.6) is 0 Å². The van der Waals surface area contributed by atoms with E-state index in [1.807, 2.05) is 12.1 Å². The molecule has 0 aliphatic heterocycles. The van der Waals surface area contributed by atoms with Gasteiger partial charge in [-0.3, -0.25) is 4.98 Å². The number of aromatic nitrogens is 1. The number of hydrogen-bond acceptors (Lipinski definition) is 3. The van der Waals surface area contributed by atoms with Crippen molar-refractivity contribution >= 4 is 0 Å². The number of aliphatic hydroxyl groups is 1. The SMILES string of the molecule is CC(C)(O)c1ccc(CN)nc1. The molecule has 1 heterocycles. The Morgan fingerprint density at radius 2 is 2.17 bits per heavy atom. The molecule has 0 unspecified atom stereocenters. The summed E-state index contributed by atoms with van der Waals surface area (Å²) in [6.45, 7) is 3.89. The summed E-state index contributed by atoms with van der Waals surface area (Å²) in [5.74, 6) is 0. The van der Waals surface area contributed by atoms with E-state index in [-0.39, 0.29) is 0 Å². The van der Waals surface area contributed by atoms with Crippen molar-refractivity contribution in [1.82, 2.24) is 4.98 Å². The summed E-state index contributed by atoms with van der Waals surface area (Å²) < 4.78 is 0. The topological polar surface area (TPSA) is 59.1 Å². The van der Waals surface area contributed by atoms with Gasteiger partial charge in [0.05, 0.1) is 11.3 Å². The second kappa shape index (κ2) is 3.21. The number of pyridine rings is 1. The Morgan fingerprint density at radius 1 is 1.50 bits per heavy atom. The molecule has 0 aliphatic carbocycles. The van der Waals surface area contributed by atoms with E-state index in [2.05, 4.69) is 4.98 Å². The molecule has 0 bridgehead atoms. The smallest absolute Gasteiger partial charge is 0.0855 e. The molecule has 1 aromatic heterocycles. The predicted molar refractivity (Wildman–Crippen MR) is 47.4 cm³/mol. The van der Waals surface area contributed by atoms with Crippen LogP contribution in [0, 0.1) is 0 Å². The summed E-state index contributed by atoms with van der Waals surface area (Å²) in [4.78, 5) is 4.08. The van der Waals surface area contributed by atoms with Crippen LogP contribution in [0.3, 0.4) is 0 Å². The van der Waals surface area contributed by atoms with E-state index >= 15 is 0 Å². The first-order chi connectivity index (χ1) is 5.54. The average molecular weight is 166 g/mol. The summed E-state index contributed by atoms with van der Waals surface area (Å²) in [5, 5.41) is 9.58. The Balaban J connectivity index is 2.93. The maximum absolute atomic E-state index is 9.58. The van der Waals surface area contributed by atoms with Gasteiger partial charge in [-0.25, -0.2) is 0 Å². The third-order valence-corrected chi connectivity index (χ3v) is 1.74. The normalized spacial score (nSPS) is 11.7. The Bertz CT molecular complexity index is 248. The Hall–Kier alpha value is -0.930. The summed E-state index contributed by atoms with van der Waals surface area (Å²) in [5.41, 5.74) is 6.21. The maximum atomic E-state index is 9.58. The van der Waals surface area contributed by atoms with E-state index < -0.39 is 5.60 Å². The first-order valence-corrected chi connectivity index (χ1v) is 3.92. The molecule has 0 aliphatic rings. The highest BCUT2D eigenvalue weighted by atomic mass is 16.3. The van der Waals surface area contributed by atoms with Gasteiger partial charge in [0.25, 0.3) is 0 Å². The molecule has 0 radical (unpaired) electrons. The molecule has 0 aromatic carbocycles. The molecule has 0 spiro atoms. The van der Waals surface area contributed by atoms with Crippen molar-refractivity contribution in [2.24, 2.45) is 5.73 Å². The zero-order valence-electron chi connectivity index (χ0n) is 7.41. The Labute approximate surface area is 72.2 Å². The first-order valence-electron chi connectivity index (χ1n) is 3.92. The van der Waals surface area contributed by atoms with Crippen LogP contribution in [0.1, 0.15) is 25.1 Å². The minimum Gasteiger partial charge on any atom is -0.386 e. The van der Waals surface area contributed by atoms with Gasteiger partial charge in [0.15, 0.2) is 0 Å². The fourth-order valence-corrected chi connectivity index (χ4v) is 0.907. The number of nitrogens with two attached hydrogens (primary N) is 1. The van der Waals surface area contributed by atoms with Crippen molar-refractivity contribution in [2.45, 2.75) is 26.0 Å². The summed E-state index contributed by atoms with van der Waals surface area (Å²) in [6.07, 6.45) is 1.65. The van der Waals surface area contributed by atoms with Crippen LogP contribution in [-0.2, 0) is 12.1 Å². The highest BCUT2D eigenvalue weighted by Crippen LogP contribution is 2.17. The van der Waals surface area contributed by atoms with Crippen LogP contribution in [0.2, 0.25) is 0 Å². The van der Waals surface area contributed by atoms with E-state index in [0.717, 1.165) is 11.3 Å². The van der Waals surface area contributed by atoms with Gasteiger partial charge < -0.3 is 10.8 Å². The predicted octanol–water partition coefficient (Wildman–Crippen LogP) is 0.768. The van der Waals surface area contributed by atoms with Gasteiger partial charge in [0, 0.05) is 18.3 Å². The fourth-order valence-electron chi connectivity index (χ4n) is 0.907. The van der Waals surface area contributed by atoms with Crippen LogP contribution in [-0.4, -0.2) is 10.1 Å². The van der Waals surface area contributed by atoms with Crippen molar-refractivity contribution in [2.75, 3.05) is 0 Å². The highest BCUT2D eigenvalue weighted by molar-refractivity contribution is 5.19. The molecule has 3 nitrogen and oxygen atoms in total. The quantitative estimate of drug-likeness (QED) is 0.682. The van der Waals surface area contributed by atoms with Gasteiger partial charge in [-0.05, 0) is 19.9 Å². The minimum absolute atomic E-state index is 0.437. The lowest BCUT2D eigenvalue weighted by atomic mass is 10.0. The molecule has 66 valence electrons. The molecular weight excluding hydrogens is 152 g/mol. The van der Waals surface area contributed by atoms with Crippen LogP contribution in [0.25, 0.3) is 0 Å². The van der Waals surface area contributed by atoms with E-state index in [4.69, 9.17) is 5.73 Å². The standard InChI is InChI=1S/C9H14N2O/c1-9(2,12)7-3-4-8(5-10)11-6-7/h3-4,6,12H,5,10H2,1-2H3. The van der Waals surface area contributed by atoms with Gasteiger partial charge in [-0.2, -0.15) is 0 Å². The third-order valence-electron chi connectivity index (χ3n) is 1.74. The molecule has 0 fully saturated rings. The van der Waals surface area contributed by atoms with Crippen molar-refractivity contribution in [3.05, 3.63) is 29.6 Å². The second-order valence-corrected chi connectivity index (χ2v) is 3.30. The van der Waals surface area contributed by atoms with Gasteiger partial charge in [-0.15, -0.1) is 0 Å². The van der Waals surface area contributed by atoms with Crippen molar-refractivity contribution < 1.29 is 5.11 Å². The number of nitrogens with zero attached hydrogens (tertiary/aromatic N) is 1. The zero-order chi connectivity index (χ0) is 9.19. The van der Waals surface area contributed by atoms with E-state index in [9.17, 15) is 5.11 Å². The second-order valence-electron chi connectivity index (χ2n) is 3.30. The lowest BCUT2D eigenvalue weighted by Gasteiger charge is -2.16. The van der Waals surface area contributed by atoms with Crippen LogP contribution < -0.4 is 5.73 Å². The molecule has 3 heteroatoms. The number of rotatable bonds is 2. The summed E-state index contributed by atoms with van der Waals surface area (Å²) >= 11 is 0. The fraction of sp³-hybridized carbons (Fsp3) is 0.444. The first kappa shape index (κ1) is 9.16. The molecule has 12 heavy (non-hydrogen) atoms. The van der Waals surface area contributed by atoms with Crippen molar-refractivity contribution in [3.8, 4) is 0 Å². The molecule has 0 amide bonds. The van der Waals surface area contributed by atoms with Gasteiger partial charge in [-0.1, -0.05) is 6.07 Å². The van der Waals surface area contributed by atoms with Gasteiger partial charge >= 0.3 is 0 Å². The monoisotopic (exact) mass is 166 g/mol. The zero-order valence-corrected chi connectivity index (χ0v) is 7.41. The van der Waals surface area contributed by atoms with E-state index in [0.29, 0.717) is 6.54 Å². The van der Waals surface area contributed by atoms with Gasteiger partial charge in [0.2, 0.25) is 0 Å². The number of hydrogen-bond donors (Lipinski definition) is 2. The van der Waals surface area contributed by atoms with Crippen molar-refractivity contribution in [3.63, 3.8) is 0 Å². The largest absolute Gasteiger partial charge is 0.386 e. The van der Waals surface area contributed by atoms with Crippen LogP contribution in [0.4, 0.5) is 0 Å². The third kappa shape index (κ3) is 2.03. The van der Waals surface area contributed by atoms with Crippen LogP contribution in [0.15, 0.2) is 18.3 Å². The summed E-state index contributed by atoms with van der Waals surface area (Å²) in [6, 6.07) is 3.67. The lowest BCUT2D eigenvalue weighted by Crippen LogP contribution is -2.16. The highest BCUT2D eigenvalue weighted by Gasteiger charge is 2.15. The lowest BCUT2D eigenvalue weighted by molar-refractivity contribution is 0.0782. The van der Waals surface area contributed by atoms with Crippen LogP contribution >= 0.6 is 0 Å². The molecule has 3 N–H and O–H groups in total. The molecule has 0 saturated carbocycles. The molecular formula is C9H14N2O. The Morgan fingerprint density at radius 3 is 2.50 bits per heavy atom. The van der Waals surface area contributed by atoms with Gasteiger partial charge in [0.1, 0.15) is 0 Å². The maximum Gasteiger partial charge on any atom is 0.0855 e. The minimum atomic E-state index is -0.819. The Kier molecular flexibility index (Phi) is 2.45. The summed E-state index contributed by atoms with van der Waals surface area (Å²) in [7, 11) is 0.